The predicted octanol–water partition coefficient (Wildman–Crippen LogP) is 7.94. The van der Waals surface area contributed by atoms with E-state index in [1.807, 2.05) is 48.1 Å². The molecule has 4 heterocycles. The van der Waals surface area contributed by atoms with Crippen LogP contribution in [-0.4, -0.2) is 25.9 Å². The SMILES string of the molecule is CC(C)CC(=O)c1cc2ccc(-c3nc(Nc4ccc(-c5cn[nH]c5)cc4)c4sccc4n3)cc2s1. The summed E-state index contributed by atoms with van der Waals surface area (Å²) in [5.74, 6) is 1.98. The van der Waals surface area contributed by atoms with E-state index >= 15 is 0 Å². The van der Waals surface area contributed by atoms with Crippen molar-refractivity contribution in [2.45, 2.75) is 20.3 Å². The number of thiophene rings is 2. The van der Waals surface area contributed by atoms with Crippen LogP contribution in [0.4, 0.5) is 11.5 Å². The van der Waals surface area contributed by atoms with E-state index < -0.39 is 0 Å². The lowest BCUT2D eigenvalue weighted by Crippen LogP contribution is -2.00. The molecule has 0 radical (unpaired) electrons. The molecule has 8 heteroatoms. The van der Waals surface area contributed by atoms with Gasteiger partial charge in [0.05, 0.1) is 21.3 Å². The van der Waals surface area contributed by atoms with Crippen LogP contribution in [0.25, 0.3) is 42.8 Å². The number of H-pyrrole nitrogens is 1. The minimum absolute atomic E-state index is 0.203. The molecule has 0 saturated heterocycles. The lowest BCUT2D eigenvalue weighted by Gasteiger charge is -2.10. The molecule has 0 bridgehead atoms. The molecule has 4 aromatic heterocycles. The van der Waals surface area contributed by atoms with Crippen LogP contribution in [-0.2, 0) is 0 Å². The summed E-state index contributed by atoms with van der Waals surface area (Å²) < 4.78 is 2.08. The van der Waals surface area contributed by atoms with E-state index in [1.54, 1.807) is 22.7 Å². The zero-order valence-electron chi connectivity index (χ0n) is 19.8. The van der Waals surface area contributed by atoms with Gasteiger partial charge >= 0.3 is 0 Å². The van der Waals surface area contributed by atoms with Gasteiger partial charge in [-0.15, -0.1) is 22.7 Å². The Balaban J connectivity index is 1.33. The molecule has 6 aromatic rings. The maximum absolute atomic E-state index is 12.6. The van der Waals surface area contributed by atoms with E-state index in [2.05, 4.69) is 53.6 Å². The van der Waals surface area contributed by atoms with Gasteiger partial charge in [0.2, 0.25) is 0 Å². The van der Waals surface area contributed by atoms with Crippen molar-refractivity contribution in [3.05, 3.63) is 77.2 Å². The van der Waals surface area contributed by atoms with Crippen LogP contribution in [0.2, 0.25) is 0 Å². The van der Waals surface area contributed by atoms with Crippen LogP contribution >= 0.6 is 22.7 Å². The van der Waals surface area contributed by atoms with Crippen molar-refractivity contribution < 1.29 is 4.79 Å². The predicted molar refractivity (Wildman–Crippen MR) is 149 cm³/mol. The Hall–Kier alpha value is -3.88. The molecular formula is C28H23N5OS2. The van der Waals surface area contributed by atoms with E-state index in [0.717, 1.165) is 53.4 Å². The van der Waals surface area contributed by atoms with Crippen LogP contribution in [0.5, 0.6) is 0 Å². The van der Waals surface area contributed by atoms with Gasteiger partial charge in [-0.3, -0.25) is 9.89 Å². The van der Waals surface area contributed by atoms with Crippen molar-refractivity contribution in [2.24, 2.45) is 5.92 Å². The largest absolute Gasteiger partial charge is 0.339 e. The molecule has 2 N–H and O–H groups in total. The number of anilines is 2. The summed E-state index contributed by atoms with van der Waals surface area (Å²) in [5.41, 5.74) is 4.92. The first kappa shape index (κ1) is 22.6. The molecule has 6 nitrogen and oxygen atoms in total. The molecule has 0 spiro atoms. The van der Waals surface area contributed by atoms with E-state index in [9.17, 15) is 4.79 Å². The van der Waals surface area contributed by atoms with E-state index in [1.165, 1.54) is 0 Å². The molecule has 6 rings (SSSR count). The minimum atomic E-state index is 0.203. The molecule has 2 aromatic carbocycles. The molecule has 0 aliphatic rings. The molecular weight excluding hydrogens is 486 g/mol. The molecule has 0 atom stereocenters. The monoisotopic (exact) mass is 509 g/mol. The average molecular weight is 510 g/mol. The number of aromatic nitrogens is 4. The molecule has 0 unspecified atom stereocenters. The Labute approximate surface area is 216 Å². The first-order valence-corrected chi connectivity index (χ1v) is 13.4. The average Bonchev–Trinajstić information content (AvgIpc) is 3.64. The highest BCUT2D eigenvalue weighted by Crippen LogP contribution is 2.34. The number of nitrogens with zero attached hydrogens (tertiary/aromatic N) is 3. The van der Waals surface area contributed by atoms with E-state index in [0.29, 0.717) is 18.2 Å². The van der Waals surface area contributed by atoms with E-state index in [4.69, 9.17) is 9.97 Å². The third-order valence-corrected chi connectivity index (χ3v) is 7.98. The second-order valence-corrected chi connectivity index (χ2v) is 11.1. The van der Waals surface area contributed by atoms with Crippen molar-refractivity contribution >= 4 is 60.3 Å². The summed E-state index contributed by atoms with van der Waals surface area (Å²) in [6.07, 6.45) is 4.25. The van der Waals surface area contributed by atoms with Crippen LogP contribution < -0.4 is 5.32 Å². The Bertz CT molecular complexity index is 1680. The van der Waals surface area contributed by atoms with Gasteiger partial charge in [-0.05, 0) is 52.6 Å². The molecule has 0 saturated carbocycles. The number of nitrogens with one attached hydrogen (secondary N) is 2. The van der Waals surface area contributed by atoms with Gasteiger partial charge in [0, 0.05) is 34.1 Å². The Morgan fingerprint density at radius 2 is 1.83 bits per heavy atom. The highest BCUT2D eigenvalue weighted by Gasteiger charge is 2.15. The van der Waals surface area contributed by atoms with Gasteiger partial charge in [0.15, 0.2) is 17.4 Å². The van der Waals surface area contributed by atoms with Gasteiger partial charge in [0.25, 0.3) is 0 Å². The highest BCUT2D eigenvalue weighted by atomic mass is 32.1. The number of ketones is 1. The van der Waals surface area contributed by atoms with Crippen LogP contribution in [0, 0.1) is 5.92 Å². The van der Waals surface area contributed by atoms with Gasteiger partial charge in [-0.1, -0.05) is 38.1 Å². The van der Waals surface area contributed by atoms with Gasteiger partial charge in [-0.2, -0.15) is 5.10 Å². The third-order valence-electron chi connectivity index (χ3n) is 5.93. The number of hydrogen-bond acceptors (Lipinski definition) is 7. The zero-order chi connectivity index (χ0) is 24.6. The molecule has 36 heavy (non-hydrogen) atoms. The second-order valence-electron chi connectivity index (χ2n) is 9.10. The Morgan fingerprint density at radius 1 is 1.00 bits per heavy atom. The first-order chi connectivity index (χ1) is 17.5. The summed E-state index contributed by atoms with van der Waals surface area (Å²) >= 11 is 3.16. The number of fused-ring (bicyclic) bond motifs is 2. The van der Waals surface area contributed by atoms with Crippen molar-refractivity contribution in [2.75, 3.05) is 5.32 Å². The molecule has 0 amide bonds. The second kappa shape index (κ2) is 9.29. The number of Topliss-reactive ketones (excluding diaryl/α,β-unsaturated/α-hetero) is 1. The molecule has 0 aliphatic carbocycles. The third kappa shape index (κ3) is 4.41. The topological polar surface area (TPSA) is 83.6 Å². The summed E-state index contributed by atoms with van der Waals surface area (Å²) in [6, 6.07) is 18.4. The van der Waals surface area contributed by atoms with Crippen LogP contribution in [0.1, 0.15) is 29.9 Å². The summed E-state index contributed by atoms with van der Waals surface area (Å²) in [7, 11) is 0. The molecule has 0 fully saturated rings. The quantitative estimate of drug-likeness (QED) is 0.213. The number of carbonyl (C=O) groups excluding carboxylic acids is 1. The molecule has 0 aliphatic heterocycles. The number of aromatic amines is 1. The summed E-state index contributed by atoms with van der Waals surface area (Å²) in [4.78, 5) is 23.1. The fourth-order valence-corrected chi connectivity index (χ4v) is 5.97. The van der Waals surface area contributed by atoms with Crippen molar-refractivity contribution in [1.82, 2.24) is 20.2 Å². The maximum Gasteiger partial charge on any atom is 0.173 e. The van der Waals surface area contributed by atoms with Gasteiger partial charge in [-0.25, -0.2) is 9.97 Å². The number of benzene rings is 2. The Kier molecular flexibility index (Phi) is 5.83. The highest BCUT2D eigenvalue weighted by molar-refractivity contribution is 7.20. The normalized spacial score (nSPS) is 11.5. The fraction of sp³-hybridized carbons (Fsp3) is 0.143. The van der Waals surface area contributed by atoms with Crippen molar-refractivity contribution in [3.8, 4) is 22.5 Å². The van der Waals surface area contributed by atoms with Crippen molar-refractivity contribution in [3.63, 3.8) is 0 Å². The summed E-state index contributed by atoms with van der Waals surface area (Å²) in [5, 5.41) is 13.5. The van der Waals surface area contributed by atoms with Crippen LogP contribution in [0.3, 0.4) is 0 Å². The van der Waals surface area contributed by atoms with E-state index in [-0.39, 0.29) is 5.78 Å². The van der Waals surface area contributed by atoms with Crippen LogP contribution in [0.15, 0.2) is 72.4 Å². The minimum Gasteiger partial charge on any atom is -0.339 e. The number of rotatable bonds is 7. The lowest BCUT2D eigenvalue weighted by atomic mass is 10.1. The maximum atomic E-state index is 12.6. The van der Waals surface area contributed by atoms with Gasteiger partial charge < -0.3 is 5.32 Å². The number of carbonyl (C=O) groups is 1. The fourth-order valence-electron chi connectivity index (χ4n) is 4.15. The Morgan fingerprint density at radius 3 is 2.61 bits per heavy atom. The standard InChI is InChI=1S/C28H23N5OS2/c1-16(2)11-23(34)25-12-18-3-4-19(13-24(18)36-25)27-32-22-9-10-35-26(22)28(33-27)31-21-7-5-17(6-8-21)20-14-29-30-15-20/h3-10,12-16H,11H2,1-2H3,(H,29,30)(H,31,32,33). The number of hydrogen-bond donors (Lipinski definition) is 2. The lowest BCUT2D eigenvalue weighted by molar-refractivity contribution is 0.0972. The zero-order valence-corrected chi connectivity index (χ0v) is 21.4. The molecule has 178 valence electrons. The van der Waals surface area contributed by atoms with Crippen molar-refractivity contribution in [1.29, 1.82) is 0 Å². The van der Waals surface area contributed by atoms with Gasteiger partial charge in [0.1, 0.15) is 0 Å². The first-order valence-electron chi connectivity index (χ1n) is 11.7. The summed E-state index contributed by atoms with van der Waals surface area (Å²) in [6.45, 7) is 4.14. The smallest absolute Gasteiger partial charge is 0.173 e.